The number of aryl methyl sites for hydroxylation is 1. The Morgan fingerprint density at radius 3 is 2.53 bits per heavy atom. The van der Waals surface area contributed by atoms with E-state index in [1.807, 2.05) is 20.8 Å². The van der Waals surface area contributed by atoms with Gasteiger partial charge in [-0.2, -0.15) is 0 Å². The molecule has 0 heterocycles. The molecule has 1 atom stereocenters. The van der Waals surface area contributed by atoms with Crippen LogP contribution in [0.15, 0.2) is 18.2 Å². The van der Waals surface area contributed by atoms with Crippen LogP contribution in [0.5, 0.6) is 0 Å². The zero-order valence-electron chi connectivity index (χ0n) is 11.7. The van der Waals surface area contributed by atoms with Crippen molar-refractivity contribution in [3.63, 3.8) is 0 Å². The maximum atomic E-state index is 13.1. The quantitative estimate of drug-likeness (QED) is 0.789. The lowest BCUT2D eigenvalue weighted by Gasteiger charge is -2.25. The van der Waals surface area contributed by atoms with Crippen molar-refractivity contribution in [1.29, 1.82) is 0 Å². The van der Waals surface area contributed by atoms with Gasteiger partial charge in [0.2, 0.25) is 0 Å². The molecule has 2 amide bonds. The first-order valence-corrected chi connectivity index (χ1v) is 6.18. The monoisotopic (exact) mass is 268 g/mol. The SMILES string of the molecule is Cc1cc(F)cc(NC(=O)NCC(O)C(C)(C)C)c1. The molecule has 1 unspecified atom stereocenters. The van der Waals surface area contributed by atoms with Crippen LogP contribution in [0.3, 0.4) is 0 Å². The fourth-order valence-electron chi connectivity index (χ4n) is 1.48. The lowest BCUT2D eigenvalue weighted by Crippen LogP contribution is -2.40. The molecular weight excluding hydrogens is 247 g/mol. The van der Waals surface area contributed by atoms with E-state index < -0.39 is 18.0 Å². The van der Waals surface area contributed by atoms with E-state index in [9.17, 15) is 14.3 Å². The number of carbonyl (C=O) groups is 1. The first kappa shape index (κ1) is 15.4. The summed E-state index contributed by atoms with van der Waals surface area (Å²) in [5.74, 6) is -0.398. The van der Waals surface area contributed by atoms with Crippen LogP contribution >= 0.6 is 0 Å². The average molecular weight is 268 g/mol. The molecule has 1 aromatic rings. The lowest BCUT2D eigenvalue weighted by molar-refractivity contribution is 0.0654. The fraction of sp³-hybridized carbons (Fsp3) is 0.500. The smallest absolute Gasteiger partial charge is 0.319 e. The molecule has 5 heteroatoms. The Morgan fingerprint density at radius 1 is 1.37 bits per heavy atom. The van der Waals surface area contributed by atoms with E-state index in [2.05, 4.69) is 10.6 Å². The maximum Gasteiger partial charge on any atom is 0.319 e. The Morgan fingerprint density at radius 2 is 2.00 bits per heavy atom. The number of aliphatic hydroxyl groups excluding tert-OH is 1. The van der Waals surface area contributed by atoms with Crippen LogP contribution in [0.4, 0.5) is 14.9 Å². The van der Waals surface area contributed by atoms with Gasteiger partial charge in [-0.1, -0.05) is 20.8 Å². The maximum absolute atomic E-state index is 13.1. The zero-order chi connectivity index (χ0) is 14.6. The molecule has 0 spiro atoms. The standard InChI is InChI=1S/C14H21FN2O2/c1-9-5-10(15)7-11(6-9)17-13(19)16-8-12(18)14(2,3)4/h5-7,12,18H,8H2,1-4H3,(H2,16,17,19). The van der Waals surface area contributed by atoms with Crippen LogP contribution in [0.25, 0.3) is 0 Å². The molecule has 0 aliphatic heterocycles. The van der Waals surface area contributed by atoms with Crippen molar-refractivity contribution in [2.75, 3.05) is 11.9 Å². The Kier molecular flexibility index (Phi) is 4.89. The van der Waals surface area contributed by atoms with Crippen molar-refractivity contribution in [2.45, 2.75) is 33.8 Å². The highest BCUT2D eigenvalue weighted by Gasteiger charge is 2.22. The van der Waals surface area contributed by atoms with Crippen molar-refractivity contribution in [3.05, 3.63) is 29.6 Å². The summed E-state index contributed by atoms with van der Waals surface area (Å²) >= 11 is 0. The summed E-state index contributed by atoms with van der Waals surface area (Å²) in [5.41, 5.74) is 0.813. The molecule has 1 rings (SSSR count). The van der Waals surface area contributed by atoms with Crippen LogP contribution < -0.4 is 10.6 Å². The fourth-order valence-corrected chi connectivity index (χ4v) is 1.48. The van der Waals surface area contributed by atoms with Gasteiger partial charge in [-0.25, -0.2) is 9.18 Å². The topological polar surface area (TPSA) is 61.4 Å². The highest BCUT2D eigenvalue weighted by atomic mass is 19.1. The summed E-state index contributed by atoms with van der Waals surface area (Å²) in [4.78, 5) is 11.6. The second-order valence-corrected chi connectivity index (χ2v) is 5.73. The van der Waals surface area contributed by atoms with E-state index in [1.54, 1.807) is 13.0 Å². The van der Waals surface area contributed by atoms with E-state index in [-0.39, 0.29) is 12.0 Å². The van der Waals surface area contributed by atoms with Gasteiger partial charge in [0.1, 0.15) is 5.82 Å². The van der Waals surface area contributed by atoms with Gasteiger partial charge in [-0.05, 0) is 36.1 Å². The molecule has 0 saturated carbocycles. The van der Waals surface area contributed by atoms with Crippen molar-refractivity contribution >= 4 is 11.7 Å². The van der Waals surface area contributed by atoms with Crippen molar-refractivity contribution < 1.29 is 14.3 Å². The van der Waals surface area contributed by atoms with Gasteiger partial charge in [-0.3, -0.25) is 0 Å². The molecule has 0 aliphatic carbocycles. The number of halogens is 1. The van der Waals surface area contributed by atoms with Crippen LogP contribution in [0, 0.1) is 18.2 Å². The van der Waals surface area contributed by atoms with E-state index in [1.165, 1.54) is 12.1 Å². The second-order valence-electron chi connectivity index (χ2n) is 5.73. The van der Waals surface area contributed by atoms with Gasteiger partial charge in [-0.15, -0.1) is 0 Å². The molecule has 0 radical (unpaired) electrons. The van der Waals surface area contributed by atoms with Crippen LogP contribution in [-0.2, 0) is 0 Å². The van der Waals surface area contributed by atoms with Gasteiger partial charge < -0.3 is 15.7 Å². The van der Waals surface area contributed by atoms with Crippen LogP contribution in [0.2, 0.25) is 0 Å². The zero-order valence-corrected chi connectivity index (χ0v) is 11.7. The lowest BCUT2D eigenvalue weighted by atomic mass is 9.89. The number of anilines is 1. The summed E-state index contributed by atoms with van der Waals surface area (Å²) in [5, 5.41) is 14.9. The number of amides is 2. The minimum Gasteiger partial charge on any atom is -0.391 e. The first-order chi connectivity index (χ1) is 8.68. The van der Waals surface area contributed by atoms with Gasteiger partial charge in [0.05, 0.1) is 6.10 Å². The van der Waals surface area contributed by atoms with Gasteiger partial charge in [0.25, 0.3) is 0 Å². The highest BCUT2D eigenvalue weighted by molar-refractivity contribution is 5.89. The summed E-state index contributed by atoms with van der Waals surface area (Å²) in [6, 6.07) is 3.83. The molecule has 0 saturated heterocycles. The number of hydrogen-bond acceptors (Lipinski definition) is 2. The first-order valence-electron chi connectivity index (χ1n) is 6.18. The van der Waals surface area contributed by atoms with E-state index in [0.717, 1.165) is 5.56 Å². The molecule has 0 fully saturated rings. The largest absolute Gasteiger partial charge is 0.391 e. The van der Waals surface area contributed by atoms with Crippen LogP contribution in [0.1, 0.15) is 26.3 Å². The number of urea groups is 1. The molecular formula is C14H21FN2O2. The van der Waals surface area contributed by atoms with Gasteiger partial charge >= 0.3 is 6.03 Å². The molecule has 19 heavy (non-hydrogen) atoms. The van der Waals surface area contributed by atoms with Crippen LogP contribution in [-0.4, -0.2) is 23.8 Å². The number of hydrogen-bond donors (Lipinski definition) is 3. The average Bonchev–Trinajstić information content (AvgIpc) is 2.22. The minimum absolute atomic E-state index is 0.142. The molecule has 0 bridgehead atoms. The Hall–Kier alpha value is -1.62. The molecule has 1 aromatic carbocycles. The highest BCUT2D eigenvalue weighted by Crippen LogP contribution is 2.18. The minimum atomic E-state index is -0.646. The molecule has 0 aromatic heterocycles. The summed E-state index contributed by atoms with van der Waals surface area (Å²) in [6.07, 6.45) is -0.646. The summed E-state index contributed by atoms with van der Waals surface area (Å²) < 4.78 is 13.1. The number of rotatable bonds is 3. The number of benzene rings is 1. The number of nitrogens with one attached hydrogen (secondary N) is 2. The summed E-state index contributed by atoms with van der Waals surface area (Å²) in [7, 11) is 0. The Balaban J connectivity index is 2.52. The third-order valence-corrected chi connectivity index (χ3v) is 2.76. The normalized spacial score (nSPS) is 12.9. The Labute approximate surface area is 113 Å². The Bertz CT molecular complexity index is 435. The van der Waals surface area contributed by atoms with E-state index in [4.69, 9.17) is 0 Å². The van der Waals surface area contributed by atoms with Gasteiger partial charge in [0.15, 0.2) is 0 Å². The third kappa shape index (κ3) is 5.26. The van der Waals surface area contributed by atoms with E-state index >= 15 is 0 Å². The predicted octanol–water partition coefficient (Wildman–Crippen LogP) is 2.66. The molecule has 3 N–H and O–H groups in total. The van der Waals surface area contributed by atoms with Crippen molar-refractivity contribution in [3.8, 4) is 0 Å². The molecule has 0 aliphatic rings. The molecule has 106 valence electrons. The summed E-state index contributed by atoms with van der Waals surface area (Å²) in [6.45, 7) is 7.53. The second kappa shape index (κ2) is 6.02. The third-order valence-electron chi connectivity index (χ3n) is 2.76. The molecule has 4 nitrogen and oxygen atoms in total. The van der Waals surface area contributed by atoms with Gasteiger partial charge in [0, 0.05) is 12.2 Å². The number of aliphatic hydroxyl groups is 1. The van der Waals surface area contributed by atoms with E-state index in [0.29, 0.717) is 5.69 Å². The number of carbonyl (C=O) groups excluding carboxylic acids is 1. The predicted molar refractivity (Wildman–Crippen MR) is 73.6 cm³/mol. The van der Waals surface area contributed by atoms with Crippen molar-refractivity contribution in [1.82, 2.24) is 5.32 Å². The van der Waals surface area contributed by atoms with Crippen molar-refractivity contribution in [2.24, 2.45) is 5.41 Å².